The summed E-state index contributed by atoms with van der Waals surface area (Å²) in [6.45, 7) is 0. The Labute approximate surface area is 114 Å². The normalized spacial score (nSPS) is 11.8. The van der Waals surface area contributed by atoms with E-state index in [1.165, 1.54) is 12.1 Å². The third kappa shape index (κ3) is 3.18. The molecule has 1 atom stereocenters. The minimum atomic E-state index is -0.280. The molecule has 0 aromatic heterocycles. The van der Waals surface area contributed by atoms with Gasteiger partial charge in [0, 0.05) is 4.47 Å². The van der Waals surface area contributed by atoms with Crippen molar-refractivity contribution in [3.05, 3.63) is 69.9 Å². The molecule has 0 aliphatic rings. The molecule has 2 rings (SSSR count). The van der Waals surface area contributed by atoms with Crippen molar-refractivity contribution in [1.82, 2.24) is 0 Å². The van der Waals surface area contributed by atoms with Crippen molar-refractivity contribution in [2.24, 2.45) is 0 Å². The number of halogens is 2. The van der Waals surface area contributed by atoms with E-state index in [1.807, 2.05) is 24.3 Å². The van der Waals surface area contributed by atoms with Gasteiger partial charge in [-0.3, -0.25) is 0 Å². The molecule has 0 saturated heterocycles. The molecule has 0 spiro atoms. The predicted octanol–water partition coefficient (Wildman–Crippen LogP) is 4.44. The largest absolute Gasteiger partial charge is 0.207 e. The highest BCUT2D eigenvalue weighted by molar-refractivity contribution is 9.10. The molecule has 0 saturated carbocycles. The molecule has 0 radical (unpaired) electrons. The van der Waals surface area contributed by atoms with Gasteiger partial charge in [-0.25, -0.2) is 4.39 Å². The lowest BCUT2D eigenvalue weighted by molar-refractivity contribution is 0.626. The minimum Gasteiger partial charge on any atom is -0.207 e. The molecule has 0 bridgehead atoms. The molecule has 90 valence electrons. The fraction of sp³-hybridized carbons (Fsp3) is 0.133. The summed E-state index contributed by atoms with van der Waals surface area (Å²) in [5.74, 6) is -0.530. The van der Waals surface area contributed by atoms with Gasteiger partial charge in [-0.15, -0.1) is 0 Å². The first kappa shape index (κ1) is 12.8. The molecule has 1 unspecified atom stereocenters. The maximum Gasteiger partial charge on any atom is 0.123 e. The molecule has 0 heterocycles. The van der Waals surface area contributed by atoms with Gasteiger partial charge in [0.15, 0.2) is 0 Å². The third-order valence-corrected chi connectivity index (χ3v) is 3.25. The monoisotopic (exact) mass is 303 g/mol. The van der Waals surface area contributed by atoms with Crippen molar-refractivity contribution in [2.45, 2.75) is 12.3 Å². The van der Waals surface area contributed by atoms with Crippen molar-refractivity contribution in [3.8, 4) is 6.07 Å². The van der Waals surface area contributed by atoms with Gasteiger partial charge in [-0.2, -0.15) is 5.26 Å². The van der Waals surface area contributed by atoms with Crippen LogP contribution < -0.4 is 0 Å². The molecule has 0 N–H and O–H groups in total. The van der Waals surface area contributed by atoms with Crippen LogP contribution in [0.15, 0.2) is 53.0 Å². The van der Waals surface area contributed by atoms with Crippen molar-refractivity contribution < 1.29 is 4.39 Å². The smallest absolute Gasteiger partial charge is 0.123 e. The Morgan fingerprint density at radius 3 is 2.50 bits per heavy atom. The Hall–Kier alpha value is -1.66. The Morgan fingerprint density at radius 2 is 1.89 bits per heavy atom. The van der Waals surface area contributed by atoms with Crippen LogP contribution in [0.4, 0.5) is 4.39 Å². The maximum atomic E-state index is 12.8. The number of nitrogens with zero attached hydrogens (tertiary/aromatic N) is 1. The van der Waals surface area contributed by atoms with E-state index in [0.717, 1.165) is 15.6 Å². The zero-order chi connectivity index (χ0) is 13.0. The van der Waals surface area contributed by atoms with Crippen molar-refractivity contribution in [2.75, 3.05) is 0 Å². The van der Waals surface area contributed by atoms with Gasteiger partial charge >= 0.3 is 0 Å². The summed E-state index contributed by atoms with van der Waals surface area (Å²) in [4.78, 5) is 0. The second-order valence-electron chi connectivity index (χ2n) is 4.07. The molecule has 2 aromatic rings. The highest BCUT2D eigenvalue weighted by atomic mass is 79.9. The Bertz CT molecular complexity index is 572. The fourth-order valence-corrected chi connectivity index (χ4v) is 2.28. The number of rotatable bonds is 3. The van der Waals surface area contributed by atoms with Gasteiger partial charge < -0.3 is 0 Å². The third-order valence-electron chi connectivity index (χ3n) is 2.76. The predicted molar refractivity (Wildman–Crippen MR) is 72.6 cm³/mol. The van der Waals surface area contributed by atoms with E-state index in [1.54, 1.807) is 12.1 Å². The van der Waals surface area contributed by atoms with Crippen LogP contribution in [0.3, 0.4) is 0 Å². The van der Waals surface area contributed by atoms with E-state index in [4.69, 9.17) is 0 Å². The van der Waals surface area contributed by atoms with Gasteiger partial charge in [0.1, 0.15) is 5.82 Å². The summed E-state index contributed by atoms with van der Waals surface area (Å²) in [6.07, 6.45) is 0.627. The average Bonchev–Trinajstić information content (AvgIpc) is 2.37. The standard InChI is InChI=1S/C15H11BrFN/c16-14-3-1-2-11(9-14)8-13(10-18)12-4-6-15(17)7-5-12/h1-7,9,13H,8H2. The van der Waals surface area contributed by atoms with Crippen molar-refractivity contribution >= 4 is 15.9 Å². The van der Waals surface area contributed by atoms with Crippen LogP contribution in [0.2, 0.25) is 0 Å². The highest BCUT2D eigenvalue weighted by Crippen LogP contribution is 2.22. The lowest BCUT2D eigenvalue weighted by atomic mass is 9.93. The zero-order valence-electron chi connectivity index (χ0n) is 9.61. The second kappa shape index (κ2) is 5.79. The first-order valence-corrected chi connectivity index (χ1v) is 6.38. The molecule has 18 heavy (non-hydrogen) atoms. The minimum absolute atomic E-state index is 0.250. The van der Waals surface area contributed by atoms with Gasteiger partial charge in [-0.05, 0) is 41.8 Å². The summed E-state index contributed by atoms with van der Waals surface area (Å²) in [5.41, 5.74) is 1.93. The zero-order valence-corrected chi connectivity index (χ0v) is 11.2. The van der Waals surface area contributed by atoms with E-state index in [-0.39, 0.29) is 11.7 Å². The quantitative estimate of drug-likeness (QED) is 0.822. The lowest BCUT2D eigenvalue weighted by Crippen LogP contribution is -2.00. The number of hydrogen-bond acceptors (Lipinski definition) is 1. The summed E-state index contributed by atoms with van der Waals surface area (Å²) >= 11 is 3.41. The first-order valence-electron chi connectivity index (χ1n) is 5.58. The molecule has 0 fully saturated rings. The first-order chi connectivity index (χ1) is 8.69. The van der Waals surface area contributed by atoms with Crippen LogP contribution in [0.25, 0.3) is 0 Å². The number of benzene rings is 2. The van der Waals surface area contributed by atoms with E-state index in [9.17, 15) is 9.65 Å². The Kier molecular flexibility index (Phi) is 4.11. The summed E-state index contributed by atoms with van der Waals surface area (Å²) in [5, 5.41) is 9.22. The fourth-order valence-electron chi connectivity index (χ4n) is 1.83. The van der Waals surface area contributed by atoms with Gasteiger partial charge in [0.05, 0.1) is 12.0 Å². The average molecular weight is 304 g/mol. The topological polar surface area (TPSA) is 23.8 Å². The van der Waals surface area contributed by atoms with E-state index in [0.29, 0.717) is 6.42 Å². The molecule has 3 heteroatoms. The molecule has 2 aromatic carbocycles. The number of hydrogen-bond donors (Lipinski definition) is 0. The molecule has 0 amide bonds. The molecule has 0 aliphatic carbocycles. The van der Waals surface area contributed by atoms with Crippen LogP contribution >= 0.6 is 15.9 Å². The van der Waals surface area contributed by atoms with E-state index >= 15 is 0 Å². The molecule has 0 aliphatic heterocycles. The van der Waals surface area contributed by atoms with E-state index in [2.05, 4.69) is 22.0 Å². The SMILES string of the molecule is N#CC(Cc1cccc(Br)c1)c1ccc(F)cc1. The molecular weight excluding hydrogens is 293 g/mol. The summed E-state index contributed by atoms with van der Waals surface area (Å²) in [7, 11) is 0. The molecule has 1 nitrogen and oxygen atoms in total. The molecular formula is C15H11BrFN. The van der Waals surface area contributed by atoms with Crippen molar-refractivity contribution in [3.63, 3.8) is 0 Å². The van der Waals surface area contributed by atoms with Gasteiger partial charge in [0.25, 0.3) is 0 Å². The van der Waals surface area contributed by atoms with Crippen molar-refractivity contribution in [1.29, 1.82) is 5.26 Å². The van der Waals surface area contributed by atoms with Crippen LogP contribution in [0.1, 0.15) is 17.0 Å². The van der Waals surface area contributed by atoms with Crippen LogP contribution in [0.5, 0.6) is 0 Å². The lowest BCUT2D eigenvalue weighted by Gasteiger charge is -2.09. The second-order valence-corrected chi connectivity index (χ2v) is 4.98. The van der Waals surface area contributed by atoms with Crippen LogP contribution in [0, 0.1) is 17.1 Å². The van der Waals surface area contributed by atoms with E-state index < -0.39 is 0 Å². The number of nitriles is 1. The van der Waals surface area contributed by atoms with Gasteiger partial charge in [-0.1, -0.05) is 40.2 Å². The highest BCUT2D eigenvalue weighted by Gasteiger charge is 2.11. The summed E-state index contributed by atoms with van der Waals surface area (Å²) < 4.78 is 13.8. The summed E-state index contributed by atoms with van der Waals surface area (Å²) in [6, 6.07) is 16.3. The van der Waals surface area contributed by atoms with Crippen LogP contribution in [-0.4, -0.2) is 0 Å². The Balaban J connectivity index is 2.20. The van der Waals surface area contributed by atoms with Gasteiger partial charge in [0.2, 0.25) is 0 Å². The Morgan fingerprint density at radius 1 is 1.17 bits per heavy atom. The van der Waals surface area contributed by atoms with Crippen LogP contribution in [-0.2, 0) is 6.42 Å². The maximum absolute atomic E-state index is 12.8.